The molecule has 0 heterocycles. The second-order valence-electron chi connectivity index (χ2n) is 17.6. The van der Waals surface area contributed by atoms with Gasteiger partial charge in [0, 0.05) is 0 Å². The highest BCUT2D eigenvalue weighted by Gasteiger charge is 2.27. The van der Waals surface area contributed by atoms with E-state index >= 15 is 0 Å². The summed E-state index contributed by atoms with van der Waals surface area (Å²) in [5.74, 6) is -2.22. The van der Waals surface area contributed by atoms with E-state index in [4.69, 9.17) is 0 Å². The zero-order valence-electron chi connectivity index (χ0n) is 37.1. The summed E-state index contributed by atoms with van der Waals surface area (Å²) in [4.78, 5) is 0. The van der Waals surface area contributed by atoms with Crippen LogP contribution in [-0.2, 0) is 0 Å². The fraction of sp³-hybridized carbons (Fsp3) is 0. The number of hydrogen-bond donors (Lipinski definition) is 0. The van der Waals surface area contributed by atoms with E-state index in [1.54, 1.807) is 72.8 Å². The van der Waals surface area contributed by atoms with Gasteiger partial charge in [0.05, 0.1) is 0 Å². The number of hydrogen-bond acceptors (Lipinski definition) is 0. The minimum Gasteiger partial charge on any atom is -0.207 e. The Morgan fingerprint density at radius 2 is 0.486 bits per heavy atom. The maximum Gasteiger partial charge on any atom is 0.123 e. The molecule has 70 heavy (non-hydrogen) atoms. The first kappa shape index (κ1) is 42.6. The van der Waals surface area contributed by atoms with E-state index in [9.17, 15) is 26.3 Å². The molecule has 0 spiro atoms. The van der Waals surface area contributed by atoms with Crippen LogP contribution in [0, 0.1) is 34.9 Å². The minimum atomic E-state index is -0.375. The van der Waals surface area contributed by atoms with E-state index in [2.05, 4.69) is 42.5 Å². The highest BCUT2D eigenvalue weighted by molar-refractivity contribution is 6.21. The Bertz CT molecular complexity index is 3690. The third kappa shape index (κ3) is 7.55. The highest BCUT2D eigenvalue weighted by Crippen LogP contribution is 2.54. The Kier molecular flexibility index (Phi) is 10.4. The number of fused-ring (bicyclic) bond motifs is 3. The molecule has 0 unspecified atom stereocenters. The van der Waals surface area contributed by atoms with Crippen LogP contribution in [0.25, 0.3) is 122 Å². The third-order valence-corrected chi connectivity index (χ3v) is 13.5. The van der Waals surface area contributed by atoms with Crippen LogP contribution in [0.5, 0.6) is 0 Å². The molecule has 11 aromatic carbocycles. The summed E-state index contributed by atoms with van der Waals surface area (Å²) in [7, 11) is 0. The van der Waals surface area contributed by atoms with Crippen LogP contribution in [0.4, 0.5) is 26.3 Å². The Balaban J connectivity index is 1.09. The Morgan fingerprint density at radius 3 is 0.886 bits per heavy atom. The Hall–Kier alpha value is -8.74. The van der Waals surface area contributed by atoms with Crippen molar-refractivity contribution in [2.24, 2.45) is 0 Å². The second kappa shape index (κ2) is 17.1. The van der Waals surface area contributed by atoms with Gasteiger partial charge in [0.1, 0.15) is 34.9 Å². The number of rotatable bonds is 8. The van der Waals surface area contributed by atoms with E-state index in [1.807, 2.05) is 30.3 Å². The van der Waals surface area contributed by atoms with Crippen LogP contribution in [0.2, 0.25) is 0 Å². The quantitative estimate of drug-likeness (QED) is 0.133. The van der Waals surface area contributed by atoms with Crippen LogP contribution in [0.15, 0.2) is 218 Å². The third-order valence-electron chi connectivity index (χ3n) is 13.5. The van der Waals surface area contributed by atoms with Crippen molar-refractivity contribution in [3.63, 3.8) is 0 Å². The van der Waals surface area contributed by atoms with Gasteiger partial charge < -0.3 is 0 Å². The SMILES string of the molecule is Fc1ccc(-c2cc(-c3ccc(F)cc3)c(-c3ccc4c(c3)-c3cccc5c(-c6c(-c7ccc(F)cc7)cc(-c7ccc(F)cc7)cc6-c6ccc(F)cc6)ccc-4c35)c(-c3ccc(F)cc3)c2)cc1. The lowest BCUT2D eigenvalue weighted by atomic mass is 9.82. The smallest absolute Gasteiger partial charge is 0.123 e. The lowest BCUT2D eigenvalue weighted by molar-refractivity contribution is 0.627. The van der Waals surface area contributed by atoms with Gasteiger partial charge in [-0.05, 0) is 225 Å². The molecular formula is C64H36F6. The molecule has 0 bridgehead atoms. The summed E-state index contributed by atoms with van der Waals surface area (Å²) in [6.45, 7) is 0. The lowest BCUT2D eigenvalue weighted by Gasteiger charge is -2.21. The zero-order valence-corrected chi connectivity index (χ0v) is 37.1. The molecule has 334 valence electrons. The molecule has 0 aliphatic heterocycles. The lowest BCUT2D eigenvalue weighted by Crippen LogP contribution is -1.95. The van der Waals surface area contributed by atoms with Crippen molar-refractivity contribution in [2.45, 2.75) is 0 Å². The van der Waals surface area contributed by atoms with E-state index in [1.165, 1.54) is 72.8 Å². The van der Waals surface area contributed by atoms with Gasteiger partial charge in [-0.25, -0.2) is 26.3 Å². The van der Waals surface area contributed by atoms with Gasteiger partial charge in [0.15, 0.2) is 0 Å². The molecule has 1 aliphatic rings. The van der Waals surface area contributed by atoms with Crippen LogP contribution in [0.1, 0.15) is 0 Å². The monoisotopic (exact) mass is 918 g/mol. The van der Waals surface area contributed by atoms with Crippen molar-refractivity contribution < 1.29 is 26.3 Å². The molecule has 11 aromatic rings. The van der Waals surface area contributed by atoms with Crippen LogP contribution < -0.4 is 0 Å². The Labute approximate surface area is 400 Å². The van der Waals surface area contributed by atoms with E-state index in [0.29, 0.717) is 0 Å². The van der Waals surface area contributed by atoms with Crippen LogP contribution >= 0.6 is 0 Å². The molecule has 6 heteroatoms. The van der Waals surface area contributed by atoms with Gasteiger partial charge in [0.25, 0.3) is 0 Å². The van der Waals surface area contributed by atoms with Crippen molar-refractivity contribution in [1.29, 1.82) is 0 Å². The first-order valence-corrected chi connectivity index (χ1v) is 22.8. The van der Waals surface area contributed by atoms with E-state index < -0.39 is 0 Å². The molecule has 0 aromatic heterocycles. The fourth-order valence-electron chi connectivity index (χ4n) is 10.2. The topological polar surface area (TPSA) is 0 Å². The largest absolute Gasteiger partial charge is 0.207 e. The average molecular weight is 919 g/mol. The summed E-state index contributed by atoms with van der Waals surface area (Å²) in [6.07, 6.45) is 0. The van der Waals surface area contributed by atoms with E-state index in [0.717, 1.165) is 122 Å². The van der Waals surface area contributed by atoms with Gasteiger partial charge in [-0.3, -0.25) is 0 Å². The standard InChI is InChI=1S/C64H36F6/c65-46-17-4-37(5-18-46)44-33-57(39-8-21-48(67)22-9-39)62(58(34-44)40-10-23-49(68)24-11-40)43-16-29-52-55-30-31-56(53-2-1-3-54(63(53)55)61(52)32-43)64-59(41-12-25-50(69)26-13-41)35-45(38-6-19-47(66)20-7-38)36-60(64)42-14-27-51(70)28-15-42/h1-36H. The van der Waals surface area contributed by atoms with Crippen molar-refractivity contribution in [1.82, 2.24) is 0 Å². The van der Waals surface area contributed by atoms with Crippen molar-refractivity contribution in [2.75, 3.05) is 0 Å². The summed E-state index contributed by atoms with van der Waals surface area (Å²) >= 11 is 0. The van der Waals surface area contributed by atoms with Crippen molar-refractivity contribution in [3.8, 4) is 111 Å². The first-order chi connectivity index (χ1) is 34.1. The molecule has 0 nitrogen and oxygen atoms in total. The summed E-state index contributed by atoms with van der Waals surface area (Å²) < 4.78 is 86.8. The highest BCUT2D eigenvalue weighted by atomic mass is 19.1. The molecule has 0 radical (unpaired) electrons. The molecule has 12 rings (SSSR count). The molecule has 0 amide bonds. The second-order valence-corrected chi connectivity index (χ2v) is 17.6. The average Bonchev–Trinajstić information content (AvgIpc) is 3.71. The number of benzene rings is 11. The maximum absolute atomic E-state index is 14.6. The predicted octanol–water partition coefficient (Wildman–Crippen LogP) is 18.7. The number of halogens is 6. The first-order valence-electron chi connectivity index (χ1n) is 22.8. The van der Waals surface area contributed by atoms with Crippen LogP contribution in [-0.4, -0.2) is 0 Å². The summed E-state index contributed by atoms with van der Waals surface area (Å²) in [5, 5.41) is 2.01. The fourth-order valence-corrected chi connectivity index (χ4v) is 10.2. The molecule has 0 atom stereocenters. The van der Waals surface area contributed by atoms with Gasteiger partial charge >= 0.3 is 0 Å². The van der Waals surface area contributed by atoms with Gasteiger partial charge in [-0.2, -0.15) is 0 Å². The molecule has 0 saturated heterocycles. The summed E-state index contributed by atoms with van der Waals surface area (Å²) in [6, 6.07) is 63.1. The van der Waals surface area contributed by atoms with Crippen molar-refractivity contribution >= 4 is 10.8 Å². The maximum atomic E-state index is 14.6. The summed E-state index contributed by atoms with van der Waals surface area (Å²) in [5.41, 5.74) is 17.0. The molecule has 0 fully saturated rings. The van der Waals surface area contributed by atoms with Gasteiger partial charge in [-0.15, -0.1) is 0 Å². The Morgan fingerprint density at radius 1 is 0.186 bits per heavy atom. The zero-order chi connectivity index (χ0) is 47.6. The van der Waals surface area contributed by atoms with Crippen LogP contribution in [0.3, 0.4) is 0 Å². The predicted molar refractivity (Wildman–Crippen MR) is 272 cm³/mol. The normalized spacial score (nSPS) is 11.6. The molecule has 0 saturated carbocycles. The van der Waals surface area contributed by atoms with Gasteiger partial charge in [0.2, 0.25) is 0 Å². The molecule has 0 N–H and O–H groups in total. The minimum absolute atomic E-state index is 0.361. The van der Waals surface area contributed by atoms with Crippen molar-refractivity contribution in [3.05, 3.63) is 253 Å². The van der Waals surface area contributed by atoms with E-state index in [-0.39, 0.29) is 34.9 Å². The molecular weight excluding hydrogens is 883 g/mol. The van der Waals surface area contributed by atoms with Gasteiger partial charge in [-0.1, -0.05) is 115 Å². The molecule has 1 aliphatic carbocycles.